The van der Waals surface area contributed by atoms with E-state index in [2.05, 4.69) is 206 Å². The van der Waals surface area contributed by atoms with Crippen molar-refractivity contribution in [1.82, 2.24) is 0 Å². The van der Waals surface area contributed by atoms with Crippen LogP contribution in [0.25, 0.3) is 131 Å². The summed E-state index contributed by atoms with van der Waals surface area (Å²) in [6.45, 7) is 0. The number of benzene rings is 13. The first kappa shape index (κ1) is 31.6. The molecule has 0 spiro atoms. The number of hydrogen-bond donors (Lipinski definition) is 0. The molecule has 0 aromatic heterocycles. The zero-order valence-corrected chi connectivity index (χ0v) is 31.6. The SMILES string of the molecule is c1ccc(-c2cc(-c3ccc4ccc5cccc6ccc3c4c56)c(-c3cc(-c4ccc5ccc6cccc7ccc4c5c67)c4ccccc4c3)c3ccccc23)cc1. The second-order valence-corrected chi connectivity index (χ2v) is 15.9. The van der Waals surface area contributed by atoms with Crippen LogP contribution >= 0.6 is 0 Å². The minimum Gasteiger partial charge on any atom is -0.0622 e. The molecule has 266 valence electrons. The Bertz CT molecular complexity index is 3740. The Labute approximate surface area is 335 Å². The number of hydrogen-bond acceptors (Lipinski definition) is 0. The lowest BCUT2D eigenvalue weighted by Gasteiger charge is -2.22. The fraction of sp³-hybridized carbons (Fsp3) is 0. The molecule has 0 heterocycles. The highest BCUT2D eigenvalue weighted by Gasteiger charge is 2.22. The van der Waals surface area contributed by atoms with Gasteiger partial charge in [-0.2, -0.15) is 0 Å². The molecule has 0 N–H and O–H groups in total. The lowest BCUT2D eigenvalue weighted by Crippen LogP contribution is -1.95. The summed E-state index contributed by atoms with van der Waals surface area (Å²) < 4.78 is 0. The smallest absolute Gasteiger partial charge is 0.00206 e. The second kappa shape index (κ2) is 12.0. The van der Waals surface area contributed by atoms with Crippen molar-refractivity contribution >= 4 is 86.2 Å². The summed E-state index contributed by atoms with van der Waals surface area (Å²) in [5.74, 6) is 0. The Kier molecular flexibility index (Phi) is 6.54. The van der Waals surface area contributed by atoms with Gasteiger partial charge in [-0.15, -0.1) is 0 Å². The third-order valence-corrected chi connectivity index (χ3v) is 12.9. The monoisotopic (exact) mass is 730 g/mol. The summed E-state index contributed by atoms with van der Waals surface area (Å²) in [5.41, 5.74) is 9.95. The third-order valence-electron chi connectivity index (χ3n) is 12.9. The first-order valence-electron chi connectivity index (χ1n) is 20.2. The van der Waals surface area contributed by atoms with Gasteiger partial charge >= 0.3 is 0 Å². The summed E-state index contributed by atoms with van der Waals surface area (Å²) in [4.78, 5) is 0. The molecular weight excluding hydrogens is 697 g/mol. The van der Waals surface area contributed by atoms with E-state index in [1.54, 1.807) is 0 Å². The van der Waals surface area contributed by atoms with E-state index in [1.165, 1.54) is 131 Å². The third kappa shape index (κ3) is 4.46. The highest BCUT2D eigenvalue weighted by Crippen LogP contribution is 2.49. The van der Waals surface area contributed by atoms with Gasteiger partial charge in [0.2, 0.25) is 0 Å². The molecule has 0 atom stereocenters. The summed E-state index contributed by atoms with van der Waals surface area (Å²) in [5, 5.41) is 20.6. The summed E-state index contributed by atoms with van der Waals surface area (Å²) in [6, 6.07) is 77.4. The Morgan fingerprint density at radius 3 is 1.28 bits per heavy atom. The fourth-order valence-electron chi connectivity index (χ4n) is 10.4. The van der Waals surface area contributed by atoms with Crippen molar-refractivity contribution in [3.63, 3.8) is 0 Å². The van der Waals surface area contributed by atoms with E-state index in [4.69, 9.17) is 0 Å². The fourth-order valence-corrected chi connectivity index (χ4v) is 10.4. The molecule has 13 rings (SSSR count). The normalized spacial score (nSPS) is 12.1. The maximum atomic E-state index is 2.48. The molecule has 0 aliphatic heterocycles. The zero-order valence-electron chi connectivity index (χ0n) is 31.6. The predicted molar refractivity (Wildman–Crippen MR) is 251 cm³/mol. The molecule has 0 fully saturated rings. The predicted octanol–water partition coefficient (Wildman–Crippen LogP) is 16.5. The Balaban J connectivity index is 1.17. The van der Waals surface area contributed by atoms with Crippen LogP contribution in [0.1, 0.15) is 0 Å². The molecule has 58 heavy (non-hydrogen) atoms. The van der Waals surface area contributed by atoms with Crippen molar-refractivity contribution in [1.29, 1.82) is 0 Å². The van der Waals surface area contributed by atoms with Crippen LogP contribution in [0, 0.1) is 0 Å². The lowest BCUT2D eigenvalue weighted by atomic mass is 9.81. The minimum atomic E-state index is 1.22. The zero-order chi connectivity index (χ0) is 37.9. The topological polar surface area (TPSA) is 0 Å². The van der Waals surface area contributed by atoms with Crippen LogP contribution in [-0.4, -0.2) is 0 Å². The van der Waals surface area contributed by atoms with E-state index in [-0.39, 0.29) is 0 Å². The Hall–Kier alpha value is -7.54. The molecule has 0 nitrogen and oxygen atoms in total. The highest BCUT2D eigenvalue weighted by molar-refractivity contribution is 6.28. The average molecular weight is 731 g/mol. The van der Waals surface area contributed by atoms with Crippen LogP contribution in [-0.2, 0) is 0 Å². The van der Waals surface area contributed by atoms with E-state index < -0.39 is 0 Å². The van der Waals surface area contributed by atoms with Gasteiger partial charge in [-0.3, -0.25) is 0 Å². The molecule has 0 aliphatic rings. The van der Waals surface area contributed by atoms with Crippen LogP contribution in [0.15, 0.2) is 206 Å². The van der Waals surface area contributed by atoms with Crippen molar-refractivity contribution in [3.8, 4) is 44.5 Å². The van der Waals surface area contributed by atoms with Crippen LogP contribution < -0.4 is 0 Å². The quantitative estimate of drug-likeness (QED) is 0.158. The Morgan fingerprint density at radius 1 is 0.190 bits per heavy atom. The molecule has 0 heteroatoms. The van der Waals surface area contributed by atoms with Crippen molar-refractivity contribution in [2.24, 2.45) is 0 Å². The average Bonchev–Trinajstić information content (AvgIpc) is 3.29. The molecule has 0 unspecified atom stereocenters. The van der Waals surface area contributed by atoms with E-state index in [9.17, 15) is 0 Å². The van der Waals surface area contributed by atoms with E-state index in [1.807, 2.05) is 0 Å². The van der Waals surface area contributed by atoms with Gasteiger partial charge in [-0.1, -0.05) is 188 Å². The van der Waals surface area contributed by atoms with Crippen LogP contribution in [0.5, 0.6) is 0 Å². The van der Waals surface area contributed by atoms with Gasteiger partial charge in [-0.05, 0) is 149 Å². The first-order valence-corrected chi connectivity index (χ1v) is 20.2. The van der Waals surface area contributed by atoms with Gasteiger partial charge in [0, 0.05) is 0 Å². The van der Waals surface area contributed by atoms with Crippen LogP contribution in [0.3, 0.4) is 0 Å². The van der Waals surface area contributed by atoms with Crippen LogP contribution in [0.2, 0.25) is 0 Å². The number of rotatable bonds is 4. The standard InChI is InChI=1S/C58H34/c1-2-10-35(11-3-1)51-34-53(47-29-25-41-23-21-37-14-9-16-39-27-31-50(47)58(41)55(37)39)56(48-19-7-6-18-45(48)51)43-32-42-12-4-5-17-44(42)52(33-43)46-28-24-40-22-20-36-13-8-15-38-26-30-49(46)57(40)54(36)38/h1-34H. The van der Waals surface area contributed by atoms with Crippen molar-refractivity contribution in [2.75, 3.05) is 0 Å². The van der Waals surface area contributed by atoms with E-state index >= 15 is 0 Å². The van der Waals surface area contributed by atoms with E-state index in [0.29, 0.717) is 0 Å². The van der Waals surface area contributed by atoms with Gasteiger partial charge < -0.3 is 0 Å². The summed E-state index contributed by atoms with van der Waals surface area (Å²) in [6.07, 6.45) is 0. The van der Waals surface area contributed by atoms with Gasteiger partial charge in [-0.25, -0.2) is 0 Å². The molecule has 0 amide bonds. The molecule has 0 bridgehead atoms. The summed E-state index contributed by atoms with van der Waals surface area (Å²) >= 11 is 0. The molecule has 0 saturated heterocycles. The molecule has 0 aliphatic carbocycles. The highest BCUT2D eigenvalue weighted by atomic mass is 14.2. The van der Waals surface area contributed by atoms with Gasteiger partial charge in [0.1, 0.15) is 0 Å². The largest absolute Gasteiger partial charge is 0.0622 e. The molecule has 13 aromatic rings. The molecular formula is C58H34. The lowest BCUT2D eigenvalue weighted by molar-refractivity contribution is 1.62. The maximum Gasteiger partial charge on any atom is -0.00206 e. The van der Waals surface area contributed by atoms with Crippen molar-refractivity contribution < 1.29 is 0 Å². The molecule has 0 saturated carbocycles. The Morgan fingerprint density at radius 2 is 0.655 bits per heavy atom. The minimum absolute atomic E-state index is 1.22. The molecule has 0 radical (unpaired) electrons. The van der Waals surface area contributed by atoms with Crippen molar-refractivity contribution in [3.05, 3.63) is 206 Å². The van der Waals surface area contributed by atoms with Gasteiger partial charge in [0.15, 0.2) is 0 Å². The first-order chi connectivity index (χ1) is 28.8. The van der Waals surface area contributed by atoms with Gasteiger partial charge in [0.05, 0.1) is 0 Å². The summed E-state index contributed by atoms with van der Waals surface area (Å²) in [7, 11) is 0. The number of fused-ring (bicyclic) bond motifs is 2. The van der Waals surface area contributed by atoms with Crippen LogP contribution in [0.4, 0.5) is 0 Å². The van der Waals surface area contributed by atoms with Gasteiger partial charge in [0.25, 0.3) is 0 Å². The van der Waals surface area contributed by atoms with E-state index in [0.717, 1.165) is 0 Å². The van der Waals surface area contributed by atoms with Crippen molar-refractivity contribution in [2.45, 2.75) is 0 Å². The molecule has 13 aromatic carbocycles. The maximum absolute atomic E-state index is 2.48. The second-order valence-electron chi connectivity index (χ2n) is 15.9.